The second kappa shape index (κ2) is 4.00. The maximum atomic E-state index is 10.9. The summed E-state index contributed by atoms with van der Waals surface area (Å²) in [5.41, 5.74) is 6.84. The van der Waals surface area contributed by atoms with Crippen molar-refractivity contribution in [3.05, 3.63) is 33.9 Å². The number of methoxy groups -OCH3 is 1. The molecule has 5 heteroatoms. The standard InChI is InChI=1S/C12H16N2O3/c1-8(13)12(5-6-12)9-3-4-11(17-2)10(7-9)14(15)16/h3-4,7-8H,5-6,13H2,1-2H3. The van der Waals surface area contributed by atoms with Crippen LogP contribution in [0.2, 0.25) is 0 Å². The molecule has 0 amide bonds. The molecular weight excluding hydrogens is 220 g/mol. The number of nitro benzene ring substituents is 1. The van der Waals surface area contributed by atoms with Crippen molar-refractivity contribution in [3.8, 4) is 5.75 Å². The van der Waals surface area contributed by atoms with E-state index in [0.29, 0.717) is 5.75 Å². The molecular formula is C12H16N2O3. The van der Waals surface area contributed by atoms with E-state index >= 15 is 0 Å². The molecule has 0 aliphatic heterocycles. The minimum Gasteiger partial charge on any atom is -0.490 e. The largest absolute Gasteiger partial charge is 0.490 e. The first-order valence-corrected chi connectivity index (χ1v) is 5.60. The van der Waals surface area contributed by atoms with Gasteiger partial charge in [-0.25, -0.2) is 0 Å². The van der Waals surface area contributed by atoms with Crippen LogP contribution in [0.15, 0.2) is 18.2 Å². The van der Waals surface area contributed by atoms with Crippen LogP contribution in [0.1, 0.15) is 25.3 Å². The number of rotatable bonds is 4. The van der Waals surface area contributed by atoms with Gasteiger partial charge in [-0.05, 0) is 31.4 Å². The van der Waals surface area contributed by atoms with Gasteiger partial charge in [-0.1, -0.05) is 6.07 Å². The lowest BCUT2D eigenvalue weighted by atomic mass is 9.89. The van der Waals surface area contributed by atoms with Crippen molar-refractivity contribution in [3.63, 3.8) is 0 Å². The molecule has 0 saturated heterocycles. The fraction of sp³-hybridized carbons (Fsp3) is 0.500. The van der Waals surface area contributed by atoms with E-state index in [-0.39, 0.29) is 17.1 Å². The number of nitro groups is 1. The molecule has 0 bridgehead atoms. The predicted molar refractivity (Wildman–Crippen MR) is 64.2 cm³/mol. The van der Waals surface area contributed by atoms with Crippen molar-refractivity contribution in [2.24, 2.45) is 5.73 Å². The van der Waals surface area contributed by atoms with Gasteiger partial charge in [-0.15, -0.1) is 0 Å². The van der Waals surface area contributed by atoms with Gasteiger partial charge >= 0.3 is 5.69 Å². The van der Waals surface area contributed by atoms with E-state index in [0.717, 1.165) is 18.4 Å². The van der Waals surface area contributed by atoms with Crippen molar-refractivity contribution < 1.29 is 9.66 Å². The number of ether oxygens (including phenoxy) is 1. The Balaban J connectivity index is 2.45. The molecule has 1 fully saturated rings. The molecule has 2 rings (SSSR count). The number of benzene rings is 1. The van der Waals surface area contributed by atoms with Gasteiger partial charge < -0.3 is 10.5 Å². The highest BCUT2D eigenvalue weighted by atomic mass is 16.6. The average molecular weight is 236 g/mol. The zero-order chi connectivity index (χ0) is 12.6. The van der Waals surface area contributed by atoms with Crippen LogP contribution in [0, 0.1) is 10.1 Å². The molecule has 17 heavy (non-hydrogen) atoms. The third-order valence-electron chi connectivity index (χ3n) is 3.61. The molecule has 2 N–H and O–H groups in total. The molecule has 1 aromatic rings. The Kier molecular flexibility index (Phi) is 2.79. The summed E-state index contributed by atoms with van der Waals surface area (Å²) in [6.07, 6.45) is 1.99. The lowest BCUT2D eigenvalue weighted by Crippen LogP contribution is -2.31. The second-order valence-electron chi connectivity index (χ2n) is 4.59. The van der Waals surface area contributed by atoms with E-state index in [1.54, 1.807) is 12.1 Å². The number of hydrogen-bond donors (Lipinski definition) is 1. The van der Waals surface area contributed by atoms with Gasteiger partial charge in [0.25, 0.3) is 0 Å². The number of hydrogen-bond acceptors (Lipinski definition) is 4. The van der Waals surface area contributed by atoms with Crippen LogP contribution in [-0.4, -0.2) is 18.1 Å². The van der Waals surface area contributed by atoms with Crippen molar-refractivity contribution in [1.29, 1.82) is 0 Å². The molecule has 1 saturated carbocycles. The summed E-state index contributed by atoms with van der Waals surface area (Å²) in [4.78, 5) is 10.5. The highest BCUT2D eigenvalue weighted by Gasteiger charge is 2.48. The van der Waals surface area contributed by atoms with E-state index in [1.807, 2.05) is 13.0 Å². The Morgan fingerprint density at radius 1 is 1.53 bits per heavy atom. The fourth-order valence-corrected chi connectivity index (χ4v) is 2.28. The van der Waals surface area contributed by atoms with Gasteiger partial charge in [0, 0.05) is 17.5 Å². The number of nitrogens with zero attached hydrogens (tertiary/aromatic N) is 1. The summed E-state index contributed by atoms with van der Waals surface area (Å²) < 4.78 is 4.98. The Morgan fingerprint density at radius 3 is 2.59 bits per heavy atom. The molecule has 1 aliphatic carbocycles. The minimum absolute atomic E-state index is 0.00972. The van der Waals surface area contributed by atoms with Crippen LogP contribution < -0.4 is 10.5 Å². The van der Waals surface area contributed by atoms with Crippen molar-refractivity contribution in [1.82, 2.24) is 0 Å². The third kappa shape index (κ3) is 1.86. The summed E-state index contributed by atoms with van der Waals surface area (Å²) in [6.45, 7) is 1.95. The van der Waals surface area contributed by atoms with E-state index in [4.69, 9.17) is 10.5 Å². The van der Waals surface area contributed by atoms with Crippen LogP contribution in [0.5, 0.6) is 5.75 Å². The van der Waals surface area contributed by atoms with E-state index in [2.05, 4.69) is 0 Å². The monoisotopic (exact) mass is 236 g/mol. The molecule has 0 spiro atoms. The predicted octanol–water partition coefficient (Wildman–Crippen LogP) is 1.98. The molecule has 92 valence electrons. The van der Waals surface area contributed by atoms with Crippen LogP contribution >= 0.6 is 0 Å². The minimum atomic E-state index is -0.417. The second-order valence-corrected chi connectivity index (χ2v) is 4.59. The summed E-state index contributed by atoms with van der Waals surface area (Å²) in [5.74, 6) is 0.291. The van der Waals surface area contributed by atoms with Crippen molar-refractivity contribution in [2.45, 2.75) is 31.2 Å². The molecule has 0 heterocycles. The first kappa shape index (κ1) is 11.9. The van der Waals surface area contributed by atoms with Gasteiger partial charge in [0.2, 0.25) is 0 Å². The Labute approximate surface area is 99.7 Å². The molecule has 1 aromatic carbocycles. The Hall–Kier alpha value is -1.62. The van der Waals surface area contributed by atoms with E-state index < -0.39 is 4.92 Å². The van der Waals surface area contributed by atoms with Crippen LogP contribution in [0.3, 0.4) is 0 Å². The van der Waals surface area contributed by atoms with Crippen LogP contribution in [0.25, 0.3) is 0 Å². The third-order valence-corrected chi connectivity index (χ3v) is 3.61. The molecule has 1 atom stereocenters. The highest BCUT2D eigenvalue weighted by molar-refractivity contribution is 5.52. The van der Waals surface area contributed by atoms with Crippen molar-refractivity contribution >= 4 is 5.69 Å². The maximum absolute atomic E-state index is 10.9. The lowest BCUT2D eigenvalue weighted by Gasteiger charge is -2.20. The zero-order valence-corrected chi connectivity index (χ0v) is 9.97. The smallest absolute Gasteiger partial charge is 0.311 e. The Bertz CT molecular complexity index is 453. The van der Waals surface area contributed by atoms with Gasteiger partial charge in [-0.2, -0.15) is 0 Å². The number of nitrogens with two attached hydrogens (primary N) is 1. The summed E-state index contributed by atoms with van der Waals surface area (Å²) in [5, 5.41) is 10.9. The first-order chi connectivity index (χ1) is 8.01. The average Bonchev–Trinajstić information content (AvgIpc) is 3.09. The van der Waals surface area contributed by atoms with Crippen molar-refractivity contribution in [2.75, 3.05) is 7.11 Å². The van der Waals surface area contributed by atoms with E-state index in [9.17, 15) is 10.1 Å². The van der Waals surface area contributed by atoms with Crippen LogP contribution in [-0.2, 0) is 5.41 Å². The van der Waals surface area contributed by atoms with Gasteiger partial charge in [0.15, 0.2) is 5.75 Å². The van der Waals surface area contributed by atoms with Gasteiger partial charge in [-0.3, -0.25) is 10.1 Å². The molecule has 0 aromatic heterocycles. The Morgan fingerprint density at radius 2 is 2.18 bits per heavy atom. The SMILES string of the molecule is COc1ccc(C2(C(C)N)CC2)cc1[N+](=O)[O-]. The van der Waals surface area contributed by atoms with Gasteiger partial charge in [0.1, 0.15) is 0 Å². The topological polar surface area (TPSA) is 78.4 Å². The first-order valence-electron chi connectivity index (χ1n) is 5.60. The summed E-state index contributed by atoms with van der Waals surface area (Å²) >= 11 is 0. The lowest BCUT2D eigenvalue weighted by molar-refractivity contribution is -0.385. The molecule has 1 aliphatic rings. The fourth-order valence-electron chi connectivity index (χ4n) is 2.28. The van der Waals surface area contributed by atoms with Gasteiger partial charge in [0.05, 0.1) is 12.0 Å². The quantitative estimate of drug-likeness (QED) is 0.640. The van der Waals surface area contributed by atoms with E-state index in [1.165, 1.54) is 7.11 Å². The normalized spacial score (nSPS) is 18.5. The van der Waals surface area contributed by atoms with Crippen LogP contribution in [0.4, 0.5) is 5.69 Å². The molecule has 0 radical (unpaired) electrons. The molecule has 1 unspecified atom stereocenters. The summed E-state index contributed by atoms with van der Waals surface area (Å²) in [6, 6.07) is 5.13. The zero-order valence-electron chi connectivity index (χ0n) is 9.97. The molecule has 5 nitrogen and oxygen atoms in total. The maximum Gasteiger partial charge on any atom is 0.311 e. The highest BCUT2D eigenvalue weighted by Crippen LogP contribution is 2.51. The summed E-state index contributed by atoms with van der Waals surface area (Å²) in [7, 11) is 1.43.